The molecule has 1 aromatic rings. The van der Waals surface area contributed by atoms with Gasteiger partial charge in [0.05, 0.1) is 12.8 Å². The number of hydrogen-bond acceptors (Lipinski definition) is 4. The van der Waals surface area contributed by atoms with Crippen molar-refractivity contribution in [2.24, 2.45) is 11.8 Å². The Morgan fingerprint density at radius 3 is 2.61 bits per heavy atom. The first-order chi connectivity index (χ1) is 10.7. The number of nitrogens with two attached hydrogens (primary N) is 1. The number of nitrogens with zero attached hydrogens (tertiary/aromatic N) is 1. The van der Waals surface area contributed by atoms with Crippen LogP contribution in [0.1, 0.15) is 52.5 Å². The zero-order valence-corrected chi connectivity index (χ0v) is 15.0. The van der Waals surface area contributed by atoms with Crippen molar-refractivity contribution in [3.63, 3.8) is 0 Å². The number of para-hydroxylation sites is 1. The lowest BCUT2D eigenvalue weighted by Crippen LogP contribution is -2.61. The van der Waals surface area contributed by atoms with E-state index < -0.39 is 0 Å². The van der Waals surface area contributed by atoms with E-state index in [9.17, 15) is 4.79 Å². The standard InChI is InChI=1S/C18H29N3O2/c1-11(2)15(17(22)20-19)21-16-13(8-7-9-14(16)23-6)12(3)10-18(21,4)5/h7-9,11-12,15H,10,19H2,1-6H3,(H,20,22)/t12-,15-/m1/s1. The first kappa shape index (κ1) is 17.6. The molecule has 0 spiro atoms. The van der Waals surface area contributed by atoms with Gasteiger partial charge in [-0.15, -0.1) is 0 Å². The molecule has 23 heavy (non-hydrogen) atoms. The molecule has 2 atom stereocenters. The Kier molecular flexibility index (Phi) is 4.90. The molecular weight excluding hydrogens is 290 g/mol. The Balaban J connectivity index is 2.70. The molecule has 1 aromatic carbocycles. The summed E-state index contributed by atoms with van der Waals surface area (Å²) in [6, 6.07) is 5.75. The van der Waals surface area contributed by atoms with Crippen molar-refractivity contribution in [1.29, 1.82) is 0 Å². The average molecular weight is 319 g/mol. The lowest BCUT2D eigenvalue weighted by Gasteiger charge is -2.51. The van der Waals surface area contributed by atoms with Crippen LogP contribution in [0.4, 0.5) is 5.69 Å². The number of carbonyl (C=O) groups excluding carboxylic acids is 1. The van der Waals surface area contributed by atoms with Gasteiger partial charge in [-0.25, -0.2) is 5.84 Å². The molecule has 1 heterocycles. The summed E-state index contributed by atoms with van der Waals surface area (Å²) in [5.74, 6) is 6.62. The summed E-state index contributed by atoms with van der Waals surface area (Å²) >= 11 is 0. The number of rotatable bonds is 4. The van der Waals surface area contributed by atoms with Crippen molar-refractivity contribution in [1.82, 2.24) is 5.43 Å². The highest BCUT2D eigenvalue weighted by Crippen LogP contribution is 2.49. The molecule has 0 radical (unpaired) electrons. The monoisotopic (exact) mass is 319 g/mol. The van der Waals surface area contributed by atoms with Crippen molar-refractivity contribution >= 4 is 11.6 Å². The third-order valence-electron chi connectivity index (χ3n) is 4.80. The Bertz CT molecular complexity index is 584. The summed E-state index contributed by atoms with van der Waals surface area (Å²) < 4.78 is 5.62. The van der Waals surface area contributed by atoms with E-state index >= 15 is 0 Å². The molecule has 0 aliphatic carbocycles. The van der Waals surface area contributed by atoms with Crippen LogP contribution < -0.4 is 20.9 Å². The quantitative estimate of drug-likeness (QED) is 0.509. The minimum absolute atomic E-state index is 0.115. The Hall–Kier alpha value is -1.75. The second-order valence-electron chi connectivity index (χ2n) is 7.38. The fourth-order valence-electron chi connectivity index (χ4n) is 3.94. The molecule has 0 aromatic heterocycles. The highest BCUT2D eigenvalue weighted by Gasteiger charge is 2.44. The van der Waals surface area contributed by atoms with E-state index in [1.54, 1.807) is 7.11 Å². The minimum Gasteiger partial charge on any atom is -0.495 e. The number of amides is 1. The van der Waals surface area contributed by atoms with Gasteiger partial charge in [-0.3, -0.25) is 10.2 Å². The van der Waals surface area contributed by atoms with Gasteiger partial charge in [0, 0.05) is 5.54 Å². The Labute approximate surface area is 139 Å². The van der Waals surface area contributed by atoms with Crippen LogP contribution >= 0.6 is 0 Å². The zero-order valence-electron chi connectivity index (χ0n) is 15.0. The van der Waals surface area contributed by atoms with E-state index in [1.807, 2.05) is 26.0 Å². The lowest BCUT2D eigenvalue weighted by atomic mass is 9.77. The number of nitrogens with one attached hydrogen (secondary N) is 1. The lowest BCUT2D eigenvalue weighted by molar-refractivity contribution is -0.123. The van der Waals surface area contributed by atoms with E-state index in [4.69, 9.17) is 10.6 Å². The molecule has 3 N–H and O–H groups in total. The van der Waals surface area contributed by atoms with E-state index in [0.717, 1.165) is 17.9 Å². The van der Waals surface area contributed by atoms with Crippen molar-refractivity contribution in [3.05, 3.63) is 23.8 Å². The first-order valence-electron chi connectivity index (χ1n) is 8.21. The molecule has 0 bridgehead atoms. The van der Waals surface area contributed by atoms with Crippen molar-refractivity contribution in [2.45, 2.75) is 58.5 Å². The molecule has 1 aliphatic rings. The summed E-state index contributed by atoms with van der Waals surface area (Å²) in [6.45, 7) is 10.7. The van der Waals surface area contributed by atoms with Gasteiger partial charge < -0.3 is 9.64 Å². The van der Waals surface area contributed by atoms with Crippen LogP contribution in [0.25, 0.3) is 0 Å². The molecular formula is C18H29N3O2. The van der Waals surface area contributed by atoms with Gasteiger partial charge in [-0.2, -0.15) is 0 Å². The van der Waals surface area contributed by atoms with Crippen molar-refractivity contribution in [3.8, 4) is 5.75 Å². The van der Waals surface area contributed by atoms with E-state index in [-0.39, 0.29) is 23.4 Å². The zero-order chi connectivity index (χ0) is 17.4. The summed E-state index contributed by atoms with van der Waals surface area (Å²) in [4.78, 5) is 14.7. The molecule has 1 amide bonds. The summed E-state index contributed by atoms with van der Waals surface area (Å²) in [5, 5.41) is 0. The third kappa shape index (κ3) is 3.02. The third-order valence-corrected chi connectivity index (χ3v) is 4.80. The number of ether oxygens (including phenoxy) is 1. The van der Waals surface area contributed by atoms with Crippen LogP contribution in [0.2, 0.25) is 0 Å². The SMILES string of the molecule is COc1cccc2c1N([C@@H](C(=O)NN)C(C)C)C(C)(C)C[C@H]2C. The van der Waals surface area contributed by atoms with Crippen LogP contribution in [0.5, 0.6) is 5.75 Å². The molecule has 5 nitrogen and oxygen atoms in total. The Morgan fingerprint density at radius 1 is 1.43 bits per heavy atom. The highest BCUT2D eigenvalue weighted by molar-refractivity contribution is 5.87. The predicted octanol–water partition coefficient (Wildman–Crippen LogP) is 2.80. The molecule has 0 saturated carbocycles. The number of hydrogen-bond donors (Lipinski definition) is 2. The molecule has 0 fully saturated rings. The summed E-state index contributed by atoms with van der Waals surface area (Å²) in [6.07, 6.45) is 0.967. The van der Waals surface area contributed by atoms with Gasteiger partial charge in [-0.05, 0) is 43.7 Å². The highest BCUT2D eigenvalue weighted by atomic mass is 16.5. The van der Waals surface area contributed by atoms with Crippen molar-refractivity contribution < 1.29 is 9.53 Å². The van der Waals surface area contributed by atoms with Gasteiger partial charge in [0.1, 0.15) is 11.8 Å². The van der Waals surface area contributed by atoms with Gasteiger partial charge in [-0.1, -0.05) is 32.9 Å². The second-order valence-corrected chi connectivity index (χ2v) is 7.38. The maximum absolute atomic E-state index is 12.5. The number of carbonyl (C=O) groups is 1. The Morgan fingerprint density at radius 2 is 2.09 bits per heavy atom. The smallest absolute Gasteiger partial charge is 0.256 e. The van der Waals surface area contributed by atoms with Crippen LogP contribution in [0.15, 0.2) is 18.2 Å². The minimum atomic E-state index is -0.349. The largest absolute Gasteiger partial charge is 0.495 e. The summed E-state index contributed by atoms with van der Waals surface area (Å²) in [5.41, 5.74) is 4.40. The normalized spacial score (nSPS) is 20.9. The van der Waals surface area contributed by atoms with Crippen LogP contribution in [0, 0.1) is 5.92 Å². The second kappa shape index (κ2) is 6.40. The van der Waals surface area contributed by atoms with E-state index in [0.29, 0.717) is 5.92 Å². The number of anilines is 1. The summed E-state index contributed by atoms with van der Waals surface area (Å²) in [7, 11) is 1.67. The van der Waals surface area contributed by atoms with Gasteiger partial charge in [0.2, 0.25) is 0 Å². The average Bonchev–Trinajstić information content (AvgIpc) is 2.49. The molecule has 1 aliphatic heterocycles. The van der Waals surface area contributed by atoms with Gasteiger partial charge in [0.25, 0.3) is 5.91 Å². The predicted molar refractivity (Wildman–Crippen MR) is 93.5 cm³/mol. The van der Waals surface area contributed by atoms with Crippen molar-refractivity contribution in [2.75, 3.05) is 12.0 Å². The fourth-order valence-corrected chi connectivity index (χ4v) is 3.94. The van der Waals surface area contributed by atoms with E-state index in [1.165, 1.54) is 5.56 Å². The van der Waals surface area contributed by atoms with Gasteiger partial charge >= 0.3 is 0 Å². The fraction of sp³-hybridized carbons (Fsp3) is 0.611. The van der Waals surface area contributed by atoms with Crippen LogP contribution in [0.3, 0.4) is 0 Å². The van der Waals surface area contributed by atoms with Crippen LogP contribution in [-0.2, 0) is 4.79 Å². The number of benzene rings is 1. The molecule has 128 valence electrons. The molecule has 5 heteroatoms. The van der Waals surface area contributed by atoms with E-state index in [2.05, 4.69) is 37.2 Å². The molecule has 2 rings (SSSR count). The number of fused-ring (bicyclic) bond motifs is 1. The van der Waals surface area contributed by atoms with Crippen LogP contribution in [-0.4, -0.2) is 24.6 Å². The molecule has 0 saturated heterocycles. The number of methoxy groups -OCH3 is 1. The maximum atomic E-state index is 12.5. The van der Waals surface area contributed by atoms with Gasteiger partial charge in [0.15, 0.2) is 0 Å². The first-order valence-corrected chi connectivity index (χ1v) is 8.21. The topological polar surface area (TPSA) is 67.6 Å². The maximum Gasteiger partial charge on any atom is 0.256 e. The molecule has 0 unspecified atom stereocenters. The number of hydrazine groups is 1.